The largest absolute Gasteiger partial charge is 0.340 e. The van der Waals surface area contributed by atoms with E-state index in [-0.39, 0.29) is 5.82 Å². The standard InChI is InChI=1S/C14H15ClFN3/c1-3-4-13-18-12(15)8-14(19-13)17-11-6-9(2)5-10(16)7-11/h5-8H,3-4H2,1-2H3,(H,17,18,19). The van der Waals surface area contributed by atoms with Gasteiger partial charge in [-0.3, -0.25) is 0 Å². The summed E-state index contributed by atoms with van der Waals surface area (Å²) in [6.07, 6.45) is 1.70. The Balaban J connectivity index is 2.27. The van der Waals surface area contributed by atoms with Crippen LogP contribution in [0.4, 0.5) is 15.9 Å². The summed E-state index contributed by atoms with van der Waals surface area (Å²) in [7, 11) is 0. The van der Waals surface area contributed by atoms with Gasteiger partial charge in [-0.2, -0.15) is 0 Å². The van der Waals surface area contributed by atoms with Crippen molar-refractivity contribution in [1.82, 2.24) is 9.97 Å². The van der Waals surface area contributed by atoms with Crippen LogP contribution < -0.4 is 5.32 Å². The van der Waals surface area contributed by atoms with E-state index in [2.05, 4.69) is 15.3 Å². The first-order chi connectivity index (χ1) is 9.06. The second-order valence-corrected chi connectivity index (χ2v) is 4.77. The fraction of sp³-hybridized carbons (Fsp3) is 0.286. The van der Waals surface area contributed by atoms with Gasteiger partial charge in [0, 0.05) is 18.2 Å². The smallest absolute Gasteiger partial charge is 0.135 e. The molecule has 100 valence electrons. The number of benzene rings is 1. The van der Waals surface area contributed by atoms with Crippen LogP contribution in [0, 0.1) is 12.7 Å². The van der Waals surface area contributed by atoms with Crippen LogP contribution in [0.3, 0.4) is 0 Å². The zero-order valence-corrected chi connectivity index (χ0v) is 11.6. The van der Waals surface area contributed by atoms with Crippen molar-refractivity contribution in [1.29, 1.82) is 0 Å². The molecule has 0 spiro atoms. The number of rotatable bonds is 4. The molecular weight excluding hydrogens is 265 g/mol. The molecule has 0 amide bonds. The maximum atomic E-state index is 13.3. The molecular formula is C14H15ClFN3. The maximum Gasteiger partial charge on any atom is 0.135 e. The normalized spacial score (nSPS) is 10.5. The number of anilines is 2. The molecule has 1 aromatic carbocycles. The summed E-state index contributed by atoms with van der Waals surface area (Å²) >= 11 is 5.95. The summed E-state index contributed by atoms with van der Waals surface area (Å²) in [5.41, 5.74) is 1.49. The molecule has 1 N–H and O–H groups in total. The van der Waals surface area contributed by atoms with Gasteiger partial charge >= 0.3 is 0 Å². The molecule has 0 atom stereocenters. The fourth-order valence-electron chi connectivity index (χ4n) is 1.82. The van der Waals surface area contributed by atoms with Gasteiger partial charge in [0.05, 0.1) is 0 Å². The molecule has 3 nitrogen and oxygen atoms in total. The van der Waals surface area contributed by atoms with Gasteiger partial charge in [0.1, 0.15) is 22.6 Å². The van der Waals surface area contributed by atoms with Crippen molar-refractivity contribution in [3.8, 4) is 0 Å². The maximum absolute atomic E-state index is 13.3. The summed E-state index contributed by atoms with van der Waals surface area (Å²) in [6.45, 7) is 3.89. The molecule has 0 aliphatic carbocycles. The zero-order valence-electron chi connectivity index (χ0n) is 10.9. The lowest BCUT2D eigenvalue weighted by atomic mass is 10.2. The first kappa shape index (κ1) is 13.7. The van der Waals surface area contributed by atoms with Crippen molar-refractivity contribution >= 4 is 23.1 Å². The van der Waals surface area contributed by atoms with E-state index >= 15 is 0 Å². The molecule has 0 aliphatic heterocycles. The highest BCUT2D eigenvalue weighted by Crippen LogP contribution is 2.20. The third-order valence-electron chi connectivity index (χ3n) is 2.53. The lowest BCUT2D eigenvalue weighted by molar-refractivity contribution is 0.627. The Kier molecular flexibility index (Phi) is 4.32. The minimum atomic E-state index is -0.281. The quantitative estimate of drug-likeness (QED) is 0.849. The average Bonchev–Trinajstić information content (AvgIpc) is 2.26. The van der Waals surface area contributed by atoms with Crippen molar-refractivity contribution in [2.75, 3.05) is 5.32 Å². The van der Waals surface area contributed by atoms with Gasteiger partial charge in [0.25, 0.3) is 0 Å². The number of aromatic nitrogens is 2. The molecule has 5 heteroatoms. The molecule has 0 saturated heterocycles. The predicted octanol–water partition coefficient (Wildman–Crippen LogP) is 4.27. The number of halogens is 2. The molecule has 2 rings (SSSR count). The Bertz CT molecular complexity index is 567. The van der Waals surface area contributed by atoms with Crippen molar-refractivity contribution < 1.29 is 4.39 Å². The molecule has 1 aromatic heterocycles. The second kappa shape index (κ2) is 5.97. The Hall–Kier alpha value is -1.68. The van der Waals surface area contributed by atoms with Crippen LogP contribution in [0.5, 0.6) is 0 Å². The van der Waals surface area contributed by atoms with Crippen LogP contribution in [0.2, 0.25) is 5.15 Å². The fourth-order valence-corrected chi connectivity index (χ4v) is 2.02. The van der Waals surface area contributed by atoms with Crippen LogP contribution in [0.15, 0.2) is 24.3 Å². The molecule has 0 unspecified atom stereocenters. The first-order valence-electron chi connectivity index (χ1n) is 6.14. The average molecular weight is 280 g/mol. The van der Waals surface area contributed by atoms with E-state index in [1.807, 2.05) is 19.9 Å². The van der Waals surface area contributed by atoms with Crippen molar-refractivity contribution in [2.45, 2.75) is 26.7 Å². The molecule has 0 saturated carbocycles. The number of nitrogens with zero attached hydrogens (tertiary/aromatic N) is 2. The molecule has 0 aliphatic rings. The van der Waals surface area contributed by atoms with E-state index in [0.717, 1.165) is 18.4 Å². The Morgan fingerprint density at radius 2 is 2.00 bits per heavy atom. The van der Waals surface area contributed by atoms with E-state index in [1.54, 1.807) is 6.07 Å². The number of aryl methyl sites for hydroxylation is 2. The first-order valence-corrected chi connectivity index (χ1v) is 6.52. The molecule has 1 heterocycles. The molecule has 2 aromatic rings. The van der Waals surface area contributed by atoms with E-state index in [1.165, 1.54) is 12.1 Å². The number of nitrogens with one attached hydrogen (secondary N) is 1. The monoisotopic (exact) mass is 279 g/mol. The second-order valence-electron chi connectivity index (χ2n) is 4.38. The van der Waals surface area contributed by atoms with E-state index < -0.39 is 0 Å². The summed E-state index contributed by atoms with van der Waals surface area (Å²) in [6, 6.07) is 6.36. The Labute approximate surface area is 116 Å². The van der Waals surface area contributed by atoms with Gasteiger partial charge in [-0.05, 0) is 37.1 Å². The van der Waals surface area contributed by atoms with Gasteiger partial charge < -0.3 is 5.32 Å². The van der Waals surface area contributed by atoms with Crippen LogP contribution >= 0.6 is 11.6 Å². The van der Waals surface area contributed by atoms with Gasteiger partial charge in [-0.15, -0.1) is 0 Å². The van der Waals surface area contributed by atoms with E-state index in [4.69, 9.17) is 11.6 Å². The lowest BCUT2D eigenvalue weighted by Gasteiger charge is -2.08. The Morgan fingerprint density at radius 1 is 1.21 bits per heavy atom. The van der Waals surface area contributed by atoms with Crippen molar-refractivity contribution in [3.63, 3.8) is 0 Å². The van der Waals surface area contributed by atoms with Crippen molar-refractivity contribution in [3.05, 3.63) is 46.6 Å². The summed E-state index contributed by atoms with van der Waals surface area (Å²) in [4.78, 5) is 8.49. The third kappa shape index (κ3) is 3.89. The van der Waals surface area contributed by atoms with Crippen LogP contribution in [-0.2, 0) is 6.42 Å². The van der Waals surface area contributed by atoms with E-state index in [9.17, 15) is 4.39 Å². The van der Waals surface area contributed by atoms with Crippen LogP contribution in [-0.4, -0.2) is 9.97 Å². The minimum absolute atomic E-state index is 0.281. The highest BCUT2D eigenvalue weighted by Gasteiger charge is 2.04. The summed E-state index contributed by atoms with van der Waals surface area (Å²) < 4.78 is 13.3. The highest BCUT2D eigenvalue weighted by molar-refractivity contribution is 6.29. The van der Waals surface area contributed by atoms with E-state index in [0.29, 0.717) is 22.5 Å². The number of hydrogen-bond donors (Lipinski definition) is 1. The van der Waals surface area contributed by atoms with Crippen molar-refractivity contribution in [2.24, 2.45) is 0 Å². The molecule has 19 heavy (non-hydrogen) atoms. The minimum Gasteiger partial charge on any atom is -0.340 e. The summed E-state index contributed by atoms with van der Waals surface area (Å²) in [5, 5.41) is 3.43. The highest BCUT2D eigenvalue weighted by atomic mass is 35.5. The molecule has 0 bridgehead atoms. The summed E-state index contributed by atoms with van der Waals surface area (Å²) in [5.74, 6) is 0.982. The number of hydrogen-bond acceptors (Lipinski definition) is 3. The van der Waals surface area contributed by atoms with Gasteiger partial charge in [0.2, 0.25) is 0 Å². The predicted molar refractivity (Wildman–Crippen MR) is 75.5 cm³/mol. The Morgan fingerprint density at radius 3 is 2.68 bits per heavy atom. The molecule has 0 radical (unpaired) electrons. The van der Waals surface area contributed by atoms with Crippen LogP contribution in [0.25, 0.3) is 0 Å². The van der Waals surface area contributed by atoms with Gasteiger partial charge in [0.15, 0.2) is 0 Å². The topological polar surface area (TPSA) is 37.8 Å². The van der Waals surface area contributed by atoms with Crippen LogP contribution in [0.1, 0.15) is 24.7 Å². The zero-order chi connectivity index (χ0) is 13.8. The third-order valence-corrected chi connectivity index (χ3v) is 2.72. The molecule has 0 fully saturated rings. The van der Waals surface area contributed by atoms with Gasteiger partial charge in [-0.25, -0.2) is 14.4 Å². The SMILES string of the molecule is CCCc1nc(Cl)cc(Nc2cc(C)cc(F)c2)n1. The lowest BCUT2D eigenvalue weighted by Crippen LogP contribution is -2.01. The van der Waals surface area contributed by atoms with Gasteiger partial charge in [-0.1, -0.05) is 18.5 Å².